The van der Waals surface area contributed by atoms with E-state index in [0.717, 1.165) is 64.1 Å². The highest BCUT2D eigenvalue weighted by atomic mass is 16.2. The molecule has 4 rings (SSSR count). The van der Waals surface area contributed by atoms with Gasteiger partial charge in [-0.3, -0.25) is 14.2 Å². The summed E-state index contributed by atoms with van der Waals surface area (Å²) in [5, 5.41) is 0. The lowest BCUT2D eigenvalue weighted by Gasteiger charge is -2.37. The fraction of sp³-hybridized carbons (Fsp3) is 0.750. The van der Waals surface area contributed by atoms with Gasteiger partial charge in [0.1, 0.15) is 0 Å². The molecule has 1 aromatic rings. The van der Waals surface area contributed by atoms with E-state index in [0.29, 0.717) is 17.7 Å². The lowest BCUT2D eigenvalue weighted by Crippen LogP contribution is -2.47. The van der Waals surface area contributed by atoms with Gasteiger partial charge in [-0.05, 0) is 58.0 Å². The molecule has 1 aliphatic carbocycles. The van der Waals surface area contributed by atoms with Crippen LogP contribution >= 0.6 is 0 Å². The largest absolute Gasteiger partial charge is 0.342 e. The van der Waals surface area contributed by atoms with Crippen LogP contribution < -0.4 is 5.56 Å². The van der Waals surface area contributed by atoms with Crippen LogP contribution in [0.2, 0.25) is 0 Å². The van der Waals surface area contributed by atoms with Crippen molar-refractivity contribution in [3.8, 4) is 0 Å². The Labute approximate surface area is 155 Å². The third kappa shape index (κ3) is 4.00. The minimum Gasteiger partial charge on any atom is -0.342 e. The normalized spacial score (nSPS) is 25.4. The molecule has 142 valence electrons. The molecule has 3 heterocycles. The number of piperidine rings is 2. The van der Waals surface area contributed by atoms with Crippen molar-refractivity contribution in [2.24, 2.45) is 11.8 Å². The molecule has 6 nitrogen and oxygen atoms in total. The second-order valence-electron chi connectivity index (χ2n) is 8.45. The van der Waals surface area contributed by atoms with Gasteiger partial charge in [0.25, 0.3) is 5.56 Å². The van der Waals surface area contributed by atoms with Gasteiger partial charge in [0.05, 0.1) is 17.9 Å². The summed E-state index contributed by atoms with van der Waals surface area (Å²) in [6, 6.07) is 1.72. The van der Waals surface area contributed by atoms with Gasteiger partial charge in [-0.1, -0.05) is 0 Å². The van der Waals surface area contributed by atoms with Gasteiger partial charge >= 0.3 is 0 Å². The molecule has 0 bridgehead atoms. The number of carbonyl (C=O) groups excluding carboxylic acids is 1. The van der Waals surface area contributed by atoms with Gasteiger partial charge in [0.15, 0.2) is 0 Å². The molecular weight excluding hydrogens is 328 g/mol. The molecule has 26 heavy (non-hydrogen) atoms. The molecule has 1 saturated carbocycles. The zero-order chi connectivity index (χ0) is 18.1. The summed E-state index contributed by atoms with van der Waals surface area (Å²) in [6.07, 6.45) is 8.16. The van der Waals surface area contributed by atoms with Gasteiger partial charge in [0, 0.05) is 38.2 Å². The van der Waals surface area contributed by atoms with E-state index in [1.54, 1.807) is 17.0 Å². The van der Waals surface area contributed by atoms with E-state index in [1.165, 1.54) is 12.8 Å². The first-order chi connectivity index (χ1) is 12.6. The summed E-state index contributed by atoms with van der Waals surface area (Å²) >= 11 is 0. The van der Waals surface area contributed by atoms with E-state index in [1.807, 2.05) is 0 Å². The molecular formula is C20H30N4O2. The summed E-state index contributed by atoms with van der Waals surface area (Å²) in [7, 11) is 2.10. The number of rotatable bonds is 4. The first-order valence-electron chi connectivity index (χ1n) is 10.1. The molecule has 0 N–H and O–H groups in total. The van der Waals surface area contributed by atoms with E-state index in [2.05, 4.69) is 21.8 Å². The van der Waals surface area contributed by atoms with Crippen LogP contribution in [0.25, 0.3) is 0 Å². The zero-order valence-electron chi connectivity index (χ0n) is 15.8. The Balaban J connectivity index is 1.29. The standard InChI is InChI=1S/C20H30N4O2/c1-22-8-2-3-17(13-22)20(26)23-9-6-15(7-10-23)12-24-14-21-18(11-19(24)25)16-4-5-16/h11,14-17H,2-10,12-13H2,1H3. The molecule has 6 heteroatoms. The van der Waals surface area contributed by atoms with Crippen molar-refractivity contribution >= 4 is 5.91 Å². The smallest absolute Gasteiger partial charge is 0.253 e. The molecule has 1 atom stereocenters. The summed E-state index contributed by atoms with van der Waals surface area (Å²) in [6.45, 7) is 4.38. The Bertz CT molecular complexity index is 704. The van der Waals surface area contributed by atoms with Gasteiger partial charge in [-0.15, -0.1) is 0 Å². The third-order valence-corrected chi connectivity index (χ3v) is 6.25. The van der Waals surface area contributed by atoms with Gasteiger partial charge in [-0.2, -0.15) is 0 Å². The third-order valence-electron chi connectivity index (χ3n) is 6.25. The average molecular weight is 358 g/mol. The van der Waals surface area contributed by atoms with E-state index < -0.39 is 0 Å². The number of likely N-dealkylation sites (tertiary alicyclic amines) is 2. The van der Waals surface area contributed by atoms with Gasteiger partial charge < -0.3 is 9.80 Å². The van der Waals surface area contributed by atoms with Crippen LogP contribution in [0.5, 0.6) is 0 Å². The van der Waals surface area contributed by atoms with Crippen LogP contribution in [0, 0.1) is 11.8 Å². The van der Waals surface area contributed by atoms with Crippen molar-refractivity contribution < 1.29 is 4.79 Å². The zero-order valence-corrected chi connectivity index (χ0v) is 15.8. The van der Waals surface area contributed by atoms with Gasteiger partial charge in [-0.25, -0.2) is 4.98 Å². The van der Waals surface area contributed by atoms with Crippen LogP contribution in [-0.4, -0.2) is 58.5 Å². The number of hydrogen-bond donors (Lipinski definition) is 0. The first-order valence-corrected chi connectivity index (χ1v) is 10.1. The Morgan fingerprint density at radius 2 is 1.92 bits per heavy atom. The van der Waals surface area contributed by atoms with E-state index in [9.17, 15) is 9.59 Å². The molecule has 0 spiro atoms. The molecule has 0 radical (unpaired) electrons. The summed E-state index contributed by atoms with van der Waals surface area (Å²) in [4.78, 5) is 33.9. The van der Waals surface area contributed by atoms with Crippen molar-refractivity contribution in [1.82, 2.24) is 19.4 Å². The fourth-order valence-electron chi connectivity index (χ4n) is 4.42. The number of carbonyl (C=O) groups is 1. The second-order valence-corrected chi connectivity index (χ2v) is 8.45. The number of amides is 1. The van der Waals surface area contributed by atoms with E-state index >= 15 is 0 Å². The lowest BCUT2D eigenvalue weighted by molar-refractivity contribution is -0.138. The summed E-state index contributed by atoms with van der Waals surface area (Å²) < 4.78 is 1.75. The number of aromatic nitrogens is 2. The Hall–Kier alpha value is -1.69. The van der Waals surface area contributed by atoms with Crippen LogP contribution in [0.1, 0.15) is 50.1 Å². The molecule has 1 aromatic heterocycles. The second kappa shape index (κ2) is 7.51. The van der Waals surface area contributed by atoms with Crippen molar-refractivity contribution in [3.63, 3.8) is 0 Å². The molecule has 1 amide bonds. The molecule has 2 saturated heterocycles. The molecule has 0 aromatic carbocycles. The van der Waals surface area contributed by atoms with Crippen molar-refractivity contribution in [2.75, 3.05) is 33.2 Å². The van der Waals surface area contributed by atoms with E-state index in [4.69, 9.17) is 0 Å². The van der Waals surface area contributed by atoms with Crippen molar-refractivity contribution in [1.29, 1.82) is 0 Å². The summed E-state index contributed by atoms with van der Waals surface area (Å²) in [5.41, 5.74) is 1.04. The Morgan fingerprint density at radius 3 is 2.58 bits per heavy atom. The predicted molar refractivity (Wildman–Crippen MR) is 100.0 cm³/mol. The maximum absolute atomic E-state index is 12.8. The van der Waals surface area contributed by atoms with Crippen LogP contribution in [0.3, 0.4) is 0 Å². The Kier molecular flexibility index (Phi) is 5.11. The predicted octanol–water partition coefficient (Wildman–Crippen LogP) is 1.70. The molecule has 3 aliphatic rings. The Morgan fingerprint density at radius 1 is 1.15 bits per heavy atom. The highest BCUT2D eigenvalue weighted by Gasteiger charge is 2.31. The van der Waals surface area contributed by atoms with Crippen molar-refractivity contribution in [3.05, 3.63) is 28.4 Å². The van der Waals surface area contributed by atoms with Crippen LogP contribution in [0.15, 0.2) is 17.2 Å². The summed E-state index contributed by atoms with van der Waals surface area (Å²) in [5.74, 6) is 1.49. The quantitative estimate of drug-likeness (QED) is 0.822. The lowest BCUT2D eigenvalue weighted by atomic mass is 9.93. The SMILES string of the molecule is CN1CCCC(C(=O)N2CCC(Cn3cnc(C4CC4)cc3=O)CC2)C1. The number of hydrogen-bond acceptors (Lipinski definition) is 4. The van der Waals surface area contributed by atoms with Crippen LogP contribution in [-0.2, 0) is 11.3 Å². The van der Waals surface area contributed by atoms with E-state index in [-0.39, 0.29) is 11.5 Å². The van der Waals surface area contributed by atoms with Crippen molar-refractivity contribution in [2.45, 2.75) is 51.0 Å². The number of nitrogens with zero attached hydrogens (tertiary/aromatic N) is 4. The maximum atomic E-state index is 12.8. The monoisotopic (exact) mass is 358 g/mol. The molecule has 3 fully saturated rings. The minimum atomic E-state index is 0.0747. The fourth-order valence-corrected chi connectivity index (χ4v) is 4.42. The van der Waals surface area contributed by atoms with Crippen LogP contribution in [0.4, 0.5) is 0 Å². The highest BCUT2D eigenvalue weighted by Crippen LogP contribution is 2.38. The topological polar surface area (TPSA) is 58.4 Å². The highest BCUT2D eigenvalue weighted by molar-refractivity contribution is 5.79. The maximum Gasteiger partial charge on any atom is 0.253 e. The molecule has 1 unspecified atom stereocenters. The molecule has 2 aliphatic heterocycles. The average Bonchev–Trinajstić information content (AvgIpc) is 3.49. The first kappa shape index (κ1) is 17.7. The van der Waals surface area contributed by atoms with Gasteiger partial charge in [0.2, 0.25) is 5.91 Å². The minimum absolute atomic E-state index is 0.0747.